The van der Waals surface area contributed by atoms with E-state index in [4.69, 9.17) is 0 Å². The van der Waals surface area contributed by atoms with E-state index in [1.807, 2.05) is 97.9 Å². The quantitative estimate of drug-likeness (QED) is 0.331. The van der Waals surface area contributed by atoms with Crippen LogP contribution in [0.5, 0.6) is 0 Å². The highest BCUT2D eigenvalue weighted by atomic mass is 16.2. The summed E-state index contributed by atoms with van der Waals surface area (Å²) < 4.78 is 0. The number of nitrogens with zero attached hydrogens (tertiary/aromatic N) is 2. The molecule has 1 N–H and O–H groups in total. The average molecular weight is 506 g/mol. The number of hydrogen-bond acceptors (Lipinski definition) is 3. The van der Waals surface area contributed by atoms with Gasteiger partial charge in [0.05, 0.1) is 5.69 Å². The Balaban J connectivity index is 1.49. The van der Waals surface area contributed by atoms with Crippen molar-refractivity contribution in [2.75, 3.05) is 18.0 Å². The van der Waals surface area contributed by atoms with Crippen LogP contribution in [0.2, 0.25) is 0 Å². The summed E-state index contributed by atoms with van der Waals surface area (Å²) in [6.45, 7) is 2.64. The van der Waals surface area contributed by atoms with Crippen molar-refractivity contribution >= 4 is 34.2 Å². The molecule has 0 spiro atoms. The van der Waals surface area contributed by atoms with Crippen LogP contribution < -0.4 is 10.2 Å². The van der Waals surface area contributed by atoms with E-state index < -0.39 is 6.04 Å². The molecule has 1 atom stereocenters. The van der Waals surface area contributed by atoms with Gasteiger partial charge in [0, 0.05) is 30.5 Å². The highest BCUT2D eigenvalue weighted by Crippen LogP contribution is 2.37. The van der Waals surface area contributed by atoms with Gasteiger partial charge in [0.1, 0.15) is 12.6 Å². The molecule has 38 heavy (non-hydrogen) atoms. The third-order valence-electron chi connectivity index (χ3n) is 6.96. The smallest absolute Gasteiger partial charge is 0.259 e. The van der Waals surface area contributed by atoms with Crippen molar-refractivity contribution < 1.29 is 14.4 Å². The highest BCUT2D eigenvalue weighted by Gasteiger charge is 2.35. The summed E-state index contributed by atoms with van der Waals surface area (Å²) in [4.78, 5) is 44.1. The summed E-state index contributed by atoms with van der Waals surface area (Å²) in [5, 5.41) is 4.82. The lowest BCUT2D eigenvalue weighted by atomic mass is 10.0. The Hall–Kier alpha value is -4.45. The van der Waals surface area contributed by atoms with Crippen LogP contribution in [-0.2, 0) is 22.6 Å². The second-order valence-electron chi connectivity index (χ2n) is 9.58. The number of hydrogen-bond donors (Lipinski definition) is 1. The minimum Gasteiger partial charge on any atom is -0.354 e. The Morgan fingerprint density at radius 1 is 0.842 bits per heavy atom. The summed E-state index contributed by atoms with van der Waals surface area (Å²) in [5.74, 6) is -0.669. The molecule has 1 aliphatic rings. The SMILES string of the molecule is CCCNC(=O)[C@H](Cc1ccccc1)N(Cc1ccccc1)C(=O)CN1C(=O)c2cccc3cccc1c23. The van der Waals surface area contributed by atoms with Gasteiger partial charge in [-0.2, -0.15) is 0 Å². The molecule has 0 saturated heterocycles. The van der Waals surface area contributed by atoms with E-state index in [2.05, 4.69) is 5.32 Å². The summed E-state index contributed by atoms with van der Waals surface area (Å²) in [6, 6.07) is 30.0. The molecule has 0 aliphatic carbocycles. The lowest BCUT2D eigenvalue weighted by Crippen LogP contribution is -2.53. The number of amides is 3. The van der Waals surface area contributed by atoms with Gasteiger partial charge in [0.15, 0.2) is 0 Å². The first-order valence-corrected chi connectivity index (χ1v) is 13.1. The summed E-state index contributed by atoms with van der Waals surface area (Å²) in [5.41, 5.74) is 3.21. The third-order valence-corrected chi connectivity index (χ3v) is 6.96. The van der Waals surface area contributed by atoms with Gasteiger partial charge in [0.2, 0.25) is 11.8 Å². The topological polar surface area (TPSA) is 69.7 Å². The van der Waals surface area contributed by atoms with Crippen LogP contribution in [0, 0.1) is 0 Å². The van der Waals surface area contributed by atoms with Gasteiger partial charge in [-0.15, -0.1) is 0 Å². The summed E-state index contributed by atoms with van der Waals surface area (Å²) in [7, 11) is 0. The molecule has 0 aromatic heterocycles. The molecule has 4 aromatic carbocycles. The van der Waals surface area contributed by atoms with Gasteiger partial charge < -0.3 is 10.2 Å². The standard InChI is InChI=1S/C32H31N3O3/c1-2-19-33-31(37)28(20-23-11-5-3-6-12-23)34(21-24-13-7-4-8-14-24)29(36)22-35-27-18-10-16-25-15-9-17-26(30(25)27)32(35)38/h3-18,28H,2,19-22H2,1H3,(H,33,37)/t28-/m0/s1. The van der Waals surface area contributed by atoms with Gasteiger partial charge in [-0.3, -0.25) is 19.3 Å². The van der Waals surface area contributed by atoms with Crippen LogP contribution >= 0.6 is 0 Å². The van der Waals surface area contributed by atoms with Crippen molar-refractivity contribution in [3.63, 3.8) is 0 Å². The maximum Gasteiger partial charge on any atom is 0.259 e. The minimum absolute atomic E-state index is 0.147. The first-order chi connectivity index (χ1) is 18.6. The van der Waals surface area contributed by atoms with Gasteiger partial charge in [-0.25, -0.2) is 0 Å². The Kier molecular flexibility index (Phi) is 7.50. The van der Waals surface area contributed by atoms with Crippen molar-refractivity contribution in [1.82, 2.24) is 10.2 Å². The molecule has 1 heterocycles. The van der Waals surface area contributed by atoms with E-state index in [9.17, 15) is 14.4 Å². The first kappa shape index (κ1) is 25.2. The van der Waals surface area contributed by atoms with Crippen LogP contribution in [0.3, 0.4) is 0 Å². The average Bonchev–Trinajstić information content (AvgIpc) is 3.22. The Labute approximate surface area is 222 Å². The van der Waals surface area contributed by atoms with Crippen molar-refractivity contribution in [2.45, 2.75) is 32.4 Å². The fourth-order valence-electron chi connectivity index (χ4n) is 5.06. The predicted octanol–water partition coefficient (Wildman–Crippen LogP) is 4.97. The van der Waals surface area contributed by atoms with E-state index in [1.54, 1.807) is 15.9 Å². The van der Waals surface area contributed by atoms with Gasteiger partial charge in [-0.1, -0.05) is 91.9 Å². The van der Waals surface area contributed by atoms with Gasteiger partial charge in [-0.05, 0) is 35.1 Å². The summed E-state index contributed by atoms with van der Waals surface area (Å²) >= 11 is 0. The molecular weight excluding hydrogens is 474 g/mol. The van der Waals surface area contributed by atoms with Crippen molar-refractivity contribution in [3.05, 3.63) is 114 Å². The molecule has 3 amide bonds. The second-order valence-corrected chi connectivity index (χ2v) is 9.58. The Bertz CT molecular complexity index is 1450. The number of anilines is 1. The molecule has 5 rings (SSSR count). The van der Waals surface area contributed by atoms with Crippen LogP contribution in [0.4, 0.5) is 5.69 Å². The van der Waals surface area contributed by atoms with Gasteiger partial charge >= 0.3 is 0 Å². The van der Waals surface area contributed by atoms with Crippen LogP contribution in [0.1, 0.15) is 34.8 Å². The predicted molar refractivity (Wildman–Crippen MR) is 150 cm³/mol. The second kappa shape index (κ2) is 11.3. The zero-order valence-corrected chi connectivity index (χ0v) is 21.5. The van der Waals surface area contributed by atoms with Crippen LogP contribution in [0.25, 0.3) is 10.8 Å². The normalized spacial score (nSPS) is 13.0. The molecule has 0 bridgehead atoms. The van der Waals surface area contributed by atoms with Crippen LogP contribution in [0.15, 0.2) is 97.1 Å². The number of nitrogens with one attached hydrogen (secondary N) is 1. The monoisotopic (exact) mass is 505 g/mol. The van der Waals surface area contributed by atoms with E-state index >= 15 is 0 Å². The van der Waals surface area contributed by atoms with Crippen molar-refractivity contribution in [1.29, 1.82) is 0 Å². The fourth-order valence-corrected chi connectivity index (χ4v) is 5.06. The molecule has 6 heteroatoms. The number of benzene rings is 4. The van der Waals surface area contributed by atoms with E-state index in [1.165, 1.54) is 0 Å². The zero-order valence-electron chi connectivity index (χ0n) is 21.5. The molecule has 4 aromatic rings. The van der Waals surface area contributed by atoms with E-state index in [0.29, 0.717) is 18.5 Å². The van der Waals surface area contributed by atoms with E-state index in [-0.39, 0.29) is 30.8 Å². The van der Waals surface area contributed by atoms with Crippen molar-refractivity contribution in [2.24, 2.45) is 0 Å². The van der Waals surface area contributed by atoms with E-state index in [0.717, 1.165) is 34.0 Å². The van der Waals surface area contributed by atoms with Gasteiger partial charge in [0.25, 0.3) is 5.91 Å². The molecule has 192 valence electrons. The number of rotatable bonds is 10. The lowest BCUT2D eigenvalue weighted by molar-refractivity contribution is -0.140. The molecule has 0 unspecified atom stereocenters. The number of carbonyl (C=O) groups excluding carboxylic acids is 3. The Morgan fingerprint density at radius 3 is 2.18 bits per heavy atom. The Morgan fingerprint density at radius 2 is 1.50 bits per heavy atom. The zero-order chi connectivity index (χ0) is 26.5. The molecule has 0 fully saturated rings. The number of carbonyl (C=O) groups is 3. The first-order valence-electron chi connectivity index (χ1n) is 13.1. The molecule has 0 saturated carbocycles. The maximum atomic E-state index is 14.1. The molecular formula is C32H31N3O3. The lowest BCUT2D eigenvalue weighted by Gasteiger charge is -2.33. The fraction of sp³-hybridized carbons (Fsp3) is 0.219. The maximum absolute atomic E-state index is 14.1. The summed E-state index contributed by atoms with van der Waals surface area (Å²) in [6.07, 6.45) is 1.17. The minimum atomic E-state index is -0.729. The van der Waals surface area contributed by atoms with Crippen LogP contribution in [-0.4, -0.2) is 41.8 Å². The molecule has 0 radical (unpaired) electrons. The highest BCUT2D eigenvalue weighted by molar-refractivity contribution is 6.26. The van der Waals surface area contributed by atoms with Crippen molar-refractivity contribution in [3.8, 4) is 0 Å². The largest absolute Gasteiger partial charge is 0.354 e. The third kappa shape index (κ3) is 5.16. The molecule has 6 nitrogen and oxygen atoms in total. The molecule has 1 aliphatic heterocycles.